The molecule has 33 heavy (non-hydrogen) atoms. The van der Waals surface area contributed by atoms with Crippen molar-refractivity contribution in [2.75, 3.05) is 5.32 Å². The van der Waals surface area contributed by atoms with Crippen LogP contribution in [0.25, 0.3) is 22.3 Å². The van der Waals surface area contributed by atoms with Gasteiger partial charge in [-0.1, -0.05) is 48.5 Å². The van der Waals surface area contributed by atoms with Crippen LogP contribution in [0.2, 0.25) is 0 Å². The van der Waals surface area contributed by atoms with E-state index in [0.29, 0.717) is 19.6 Å². The van der Waals surface area contributed by atoms with E-state index in [1.54, 1.807) is 10.7 Å². The Morgan fingerprint density at radius 1 is 0.848 bits per heavy atom. The average Bonchev–Trinajstić information content (AvgIpc) is 3.17. The van der Waals surface area contributed by atoms with Gasteiger partial charge >= 0.3 is 0 Å². The van der Waals surface area contributed by atoms with Crippen molar-refractivity contribution < 1.29 is 0 Å². The van der Waals surface area contributed by atoms with E-state index in [1.165, 1.54) is 0 Å². The maximum absolute atomic E-state index is 12.6. The van der Waals surface area contributed by atoms with Gasteiger partial charge < -0.3 is 9.88 Å². The van der Waals surface area contributed by atoms with Gasteiger partial charge in [-0.3, -0.25) is 4.79 Å². The first-order valence-corrected chi connectivity index (χ1v) is 11.1. The smallest absolute Gasteiger partial charge is 0.267 e. The van der Waals surface area contributed by atoms with Gasteiger partial charge in [-0.05, 0) is 53.4 Å². The summed E-state index contributed by atoms with van der Waals surface area (Å²) >= 11 is 0. The summed E-state index contributed by atoms with van der Waals surface area (Å²) in [6, 6.07) is 26.3. The second-order valence-electron chi connectivity index (χ2n) is 8.55. The normalized spacial score (nSPS) is 13.0. The van der Waals surface area contributed by atoms with Gasteiger partial charge in [0.1, 0.15) is 0 Å². The largest absolute Gasteiger partial charge is 0.352 e. The van der Waals surface area contributed by atoms with Gasteiger partial charge in [0.15, 0.2) is 0 Å². The van der Waals surface area contributed by atoms with Crippen molar-refractivity contribution in [3.63, 3.8) is 0 Å². The molecule has 1 N–H and O–H groups in total. The first-order chi connectivity index (χ1) is 16.1. The van der Waals surface area contributed by atoms with E-state index >= 15 is 0 Å². The molecule has 0 radical (unpaired) electrons. The van der Waals surface area contributed by atoms with Crippen LogP contribution in [0.15, 0.2) is 83.7 Å². The molecule has 1 aliphatic heterocycles. The Morgan fingerprint density at radius 2 is 1.70 bits per heavy atom. The Balaban J connectivity index is 1.57. The number of imidazole rings is 1. The lowest BCUT2D eigenvalue weighted by atomic mass is 10.0. The zero-order chi connectivity index (χ0) is 22.4. The van der Waals surface area contributed by atoms with Crippen molar-refractivity contribution in [3.8, 4) is 11.3 Å². The Labute approximate surface area is 191 Å². The highest BCUT2D eigenvalue weighted by atomic mass is 16.1. The predicted octanol–water partition coefficient (Wildman–Crippen LogP) is 4.59. The molecule has 162 valence electrons. The van der Waals surface area contributed by atoms with Crippen molar-refractivity contribution in [1.82, 2.24) is 19.3 Å². The monoisotopic (exact) mass is 433 g/mol. The van der Waals surface area contributed by atoms with Gasteiger partial charge in [-0.15, -0.1) is 0 Å². The van der Waals surface area contributed by atoms with Crippen LogP contribution in [-0.4, -0.2) is 19.3 Å². The minimum absolute atomic E-state index is 0.105. The van der Waals surface area contributed by atoms with Gasteiger partial charge in [-0.25, -0.2) is 9.67 Å². The minimum atomic E-state index is -0.105. The molecule has 1 aliphatic rings. The molecule has 0 fully saturated rings. The molecular weight excluding hydrogens is 410 g/mol. The summed E-state index contributed by atoms with van der Waals surface area (Å²) in [4.78, 5) is 17.4. The number of anilines is 1. The number of benzene rings is 3. The molecular formula is C27H23N5O. The van der Waals surface area contributed by atoms with Crippen LogP contribution in [0.4, 0.5) is 5.95 Å². The number of hydrogen-bond donors (Lipinski definition) is 1. The highest BCUT2D eigenvalue weighted by molar-refractivity contribution is 5.79. The standard InChI is InChI=1S/C27H23N5O/c1-18-9-10-21-14-22(18)23-11-12-26(33)32(30-23)17-20-6-4-5-19(13-20)15-28-27-29-24-7-2-3-8-25(24)31(27)16-21/h2-14H,15-17H2,1H3,(H,28,29). The number of aromatic nitrogens is 4. The third-order valence-corrected chi connectivity index (χ3v) is 6.21. The summed E-state index contributed by atoms with van der Waals surface area (Å²) < 4.78 is 3.77. The third-order valence-electron chi connectivity index (χ3n) is 6.21. The first-order valence-electron chi connectivity index (χ1n) is 11.1. The van der Waals surface area contributed by atoms with Crippen molar-refractivity contribution >= 4 is 17.0 Å². The molecule has 0 saturated carbocycles. The molecule has 0 amide bonds. The molecule has 6 heteroatoms. The number of fused-ring (bicyclic) bond motifs is 10. The molecule has 0 saturated heterocycles. The molecule has 0 spiro atoms. The van der Waals surface area contributed by atoms with E-state index in [9.17, 15) is 4.79 Å². The van der Waals surface area contributed by atoms with Gasteiger partial charge in [0.2, 0.25) is 5.95 Å². The number of rotatable bonds is 0. The zero-order valence-corrected chi connectivity index (χ0v) is 18.3. The van der Waals surface area contributed by atoms with E-state index in [1.807, 2.05) is 36.4 Å². The SMILES string of the molecule is Cc1ccc2cc1-c1ccc(=O)n(n1)Cc1cccc(c1)CNc1nc3ccccc3n1C2. The molecule has 3 heterocycles. The fourth-order valence-electron chi connectivity index (χ4n) is 4.49. The fourth-order valence-corrected chi connectivity index (χ4v) is 4.49. The second-order valence-corrected chi connectivity index (χ2v) is 8.55. The second kappa shape index (κ2) is 7.74. The Morgan fingerprint density at radius 3 is 2.64 bits per heavy atom. The third kappa shape index (κ3) is 3.59. The van der Waals surface area contributed by atoms with Crippen molar-refractivity contribution in [2.45, 2.75) is 26.6 Å². The quantitative estimate of drug-likeness (QED) is 0.388. The highest BCUT2D eigenvalue weighted by Crippen LogP contribution is 2.26. The molecule has 6 bridgehead atoms. The van der Waals surface area contributed by atoms with E-state index in [-0.39, 0.29) is 5.56 Å². The first kappa shape index (κ1) is 19.5. The van der Waals surface area contributed by atoms with Crippen LogP contribution < -0.4 is 10.9 Å². The minimum Gasteiger partial charge on any atom is -0.352 e. The summed E-state index contributed by atoms with van der Waals surface area (Å²) in [5.74, 6) is 0.841. The number of nitrogens with zero attached hydrogens (tertiary/aromatic N) is 4. The fraction of sp³-hybridized carbons (Fsp3) is 0.148. The number of hydrogen-bond acceptors (Lipinski definition) is 4. The van der Waals surface area contributed by atoms with Gasteiger partial charge in [0.25, 0.3) is 5.56 Å². The lowest BCUT2D eigenvalue weighted by Crippen LogP contribution is -2.23. The van der Waals surface area contributed by atoms with Crippen LogP contribution in [-0.2, 0) is 19.6 Å². The van der Waals surface area contributed by atoms with Gasteiger partial charge in [-0.2, -0.15) is 5.10 Å². The molecule has 2 aromatic heterocycles. The van der Waals surface area contributed by atoms with Crippen LogP contribution in [0.5, 0.6) is 0 Å². The Bertz CT molecular complexity index is 1560. The number of aryl methyl sites for hydroxylation is 1. The summed E-state index contributed by atoms with van der Waals surface area (Å²) in [6.07, 6.45) is 0. The van der Waals surface area contributed by atoms with Crippen molar-refractivity contribution in [1.29, 1.82) is 0 Å². The van der Waals surface area contributed by atoms with E-state index in [4.69, 9.17) is 10.1 Å². The lowest BCUT2D eigenvalue weighted by molar-refractivity contribution is 0.642. The molecule has 0 aliphatic carbocycles. The molecule has 0 unspecified atom stereocenters. The molecule has 5 aromatic rings. The maximum atomic E-state index is 12.6. The number of para-hydroxylation sites is 2. The topological polar surface area (TPSA) is 64.7 Å². The van der Waals surface area contributed by atoms with Gasteiger partial charge in [0, 0.05) is 18.2 Å². The highest BCUT2D eigenvalue weighted by Gasteiger charge is 2.14. The molecule has 3 aromatic carbocycles. The Hall–Kier alpha value is -4.19. The summed E-state index contributed by atoms with van der Waals surface area (Å²) in [5, 5.41) is 8.26. The maximum Gasteiger partial charge on any atom is 0.267 e. The lowest BCUT2D eigenvalue weighted by Gasteiger charge is -2.13. The molecule has 0 atom stereocenters. The van der Waals surface area contributed by atoms with Crippen molar-refractivity contribution in [3.05, 3.63) is 111 Å². The summed E-state index contributed by atoms with van der Waals surface area (Å²) in [6.45, 7) is 3.82. The summed E-state index contributed by atoms with van der Waals surface area (Å²) in [5.41, 5.74) is 8.22. The average molecular weight is 434 g/mol. The van der Waals surface area contributed by atoms with Gasteiger partial charge in [0.05, 0.1) is 29.8 Å². The zero-order valence-electron chi connectivity index (χ0n) is 18.3. The Kier molecular flexibility index (Phi) is 4.57. The van der Waals surface area contributed by atoms with E-state index in [0.717, 1.165) is 50.5 Å². The summed E-state index contributed by atoms with van der Waals surface area (Å²) in [7, 11) is 0. The molecule has 6 nitrogen and oxygen atoms in total. The van der Waals surface area contributed by atoms with Crippen LogP contribution in [0.1, 0.15) is 22.3 Å². The van der Waals surface area contributed by atoms with E-state index < -0.39 is 0 Å². The van der Waals surface area contributed by atoms with Crippen LogP contribution >= 0.6 is 0 Å². The number of nitrogens with one attached hydrogen (secondary N) is 1. The van der Waals surface area contributed by atoms with Crippen molar-refractivity contribution in [2.24, 2.45) is 0 Å². The molecule has 6 rings (SSSR count). The predicted molar refractivity (Wildman–Crippen MR) is 130 cm³/mol. The van der Waals surface area contributed by atoms with Crippen LogP contribution in [0, 0.1) is 6.92 Å². The van der Waals surface area contributed by atoms with E-state index in [2.05, 4.69) is 53.2 Å². The van der Waals surface area contributed by atoms with Crippen LogP contribution in [0.3, 0.4) is 0 Å².